The van der Waals surface area contributed by atoms with Crippen LogP contribution in [0.3, 0.4) is 0 Å². The molecule has 1 saturated carbocycles. The van der Waals surface area contributed by atoms with Gasteiger partial charge in [-0.2, -0.15) is 5.10 Å². The summed E-state index contributed by atoms with van der Waals surface area (Å²) in [5.41, 5.74) is 4.52. The van der Waals surface area contributed by atoms with E-state index >= 15 is 0 Å². The second kappa shape index (κ2) is 4.73. The van der Waals surface area contributed by atoms with Gasteiger partial charge in [-0.3, -0.25) is 10.2 Å². The van der Waals surface area contributed by atoms with Gasteiger partial charge in [-0.25, -0.2) is 0 Å². The predicted octanol–water partition coefficient (Wildman–Crippen LogP) is 2.60. The summed E-state index contributed by atoms with van der Waals surface area (Å²) in [5.74, 6) is 0.185. The summed E-state index contributed by atoms with van der Waals surface area (Å²) >= 11 is 0. The maximum Gasteiger partial charge on any atom is 0.178 e. The zero-order valence-corrected chi connectivity index (χ0v) is 8.57. The molecule has 1 aromatic carbocycles. The fourth-order valence-corrected chi connectivity index (χ4v) is 1.62. The Morgan fingerprint density at radius 3 is 2.53 bits per heavy atom. The van der Waals surface area contributed by atoms with E-state index in [0.717, 1.165) is 24.9 Å². The third-order valence-electron chi connectivity index (χ3n) is 2.48. The van der Waals surface area contributed by atoms with Gasteiger partial charge in [-0.1, -0.05) is 18.2 Å². The van der Waals surface area contributed by atoms with E-state index in [2.05, 4.69) is 10.5 Å². The molecule has 0 bridgehead atoms. The van der Waals surface area contributed by atoms with Crippen LogP contribution in [0, 0.1) is 0 Å². The van der Waals surface area contributed by atoms with Crippen molar-refractivity contribution >= 4 is 17.2 Å². The van der Waals surface area contributed by atoms with E-state index in [1.54, 1.807) is 0 Å². The number of nitrogens with zero attached hydrogens (tertiary/aromatic N) is 1. The van der Waals surface area contributed by atoms with Crippen LogP contribution in [0.4, 0.5) is 5.69 Å². The molecule has 3 nitrogen and oxygen atoms in total. The first-order chi connectivity index (χ1) is 7.36. The molecule has 1 fully saturated rings. The molecule has 1 aliphatic rings. The summed E-state index contributed by atoms with van der Waals surface area (Å²) in [6.07, 6.45) is 3.53. The topological polar surface area (TPSA) is 41.5 Å². The molecule has 0 radical (unpaired) electrons. The van der Waals surface area contributed by atoms with Crippen molar-refractivity contribution in [3.63, 3.8) is 0 Å². The fraction of sp³-hybridized carbons (Fsp3) is 0.333. The number of carbonyl (C=O) groups excluding carboxylic acids is 1. The monoisotopic (exact) mass is 202 g/mol. The summed E-state index contributed by atoms with van der Waals surface area (Å²) in [5, 5.41) is 4.15. The van der Waals surface area contributed by atoms with Gasteiger partial charge >= 0.3 is 0 Å². The Kier molecular flexibility index (Phi) is 3.12. The largest absolute Gasteiger partial charge is 0.293 e. The van der Waals surface area contributed by atoms with Crippen molar-refractivity contribution in [1.82, 2.24) is 0 Å². The van der Waals surface area contributed by atoms with Gasteiger partial charge in [0.15, 0.2) is 5.78 Å². The number of hydrogen-bond donors (Lipinski definition) is 1. The molecule has 3 heteroatoms. The Labute approximate surface area is 89.2 Å². The Balaban J connectivity index is 2.01. The third kappa shape index (κ3) is 2.65. The van der Waals surface area contributed by atoms with Gasteiger partial charge in [-0.05, 0) is 31.4 Å². The van der Waals surface area contributed by atoms with Crippen molar-refractivity contribution < 1.29 is 4.79 Å². The Bertz CT molecular complexity index is 370. The molecule has 0 atom stereocenters. The molecule has 0 aliphatic heterocycles. The lowest BCUT2D eigenvalue weighted by atomic mass is 9.97. The first kappa shape index (κ1) is 9.90. The Morgan fingerprint density at radius 2 is 1.80 bits per heavy atom. The lowest BCUT2D eigenvalue weighted by molar-refractivity contribution is -0.113. The molecular weight excluding hydrogens is 188 g/mol. The quantitative estimate of drug-likeness (QED) is 0.749. The average Bonchev–Trinajstić information content (AvgIpc) is 2.29. The zero-order valence-electron chi connectivity index (χ0n) is 8.57. The molecule has 0 amide bonds. The van der Waals surface area contributed by atoms with Crippen molar-refractivity contribution in [2.75, 3.05) is 5.43 Å². The number of ketones is 1. The smallest absolute Gasteiger partial charge is 0.178 e. The average molecular weight is 202 g/mol. The minimum absolute atomic E-state index is 0.185. The van der Waals surface area contributed by atoms with Crippen LogP contribution in [-0.4, -0.2) is 11.5 Å². The number of hydrogen-bond acceptors (Lipinski definition) is 3. The van der Waals surface area contributed by atoms with Crippen molar-refractivity contribution in [3.05, 3.63) is 30.3 Å². The van der Waals surface area contributed by atoms with E-state index in [0.29, 0.717) is 12.1 Å². The van der Waals surface area contributed by atoms with Crippen LogP contribution >= 0.6 is 0 Å². The zero-order chi connectivity index (χ0) is 10.5. The first-order valence-electron chi connectivity index (χ1n) is 5.27. The van der Waals surface area contributed by atoms with Gasteiger partial charge in [-0.15, -0.1) is 0 Å². The van der Waals surface area contributed by atoms with E-state index in [1.165, 1.54) is 0 Å². The summed E-state index contributed by atoms with van der Waals surface area (Å²) in [7, 11) is 0. The number of carbonyl (C=O) groups is 1. The van der Waals surface area contributed by atoms with Crippen LogP contribution in [0.2, 0.25) is 0 Å². The highest BCUT2D eigenvalue weighted by atomic mass is 16.1. The number of hydrazone groups is 1. The molecule has 0 unspecified atom stereocenters. The van der Waals surface area contributed by atoms with Gasteiger partial charge in [0.05, 0.1) is 5.69 Å². The molecule has 0 saturated heterocycles. The second-order valence-electron chi connectivity index (χ2n) is 3.67. The molecule has 1 N–H and O–H groups in total. The van der Waals surface area contributed by atoms with E-state index in [-0.39, 0.29) is 5.78 Å². The normalized spacial score (nSPS) is 19.2. The number of Topliss-reactive ketones (excluding diaryl/α,β-unsaturated/α-hetero) is 1. The van der Waals surface area contributed by atoms with E-state index in [1.807, 2.05) is 30.3 Å². The van der Waals surface area contributed by atoms with Crippen molar-refractivity contribution in [2.24, 2.45) is 5.10 Å². The number of nitrogens with one attached hydrogen (secondary N) is 1. The molecule has 1 aromatic rings. The fourth-order valence-electron chi connectivity index (χ4n) is 1.62. The van der Waals surface area contributed by atoms with Crippen LogP contribution in [0.15, 0.2) is 35.4 Å². The Morgan fingerprint density at radius 1 is 1.07 bits per heavy atom. The number of para-hydroxylation sites is 1. The number of benzene rings is 1. The highest BCUT2D eigenvalue weighted by molar-refractivity contribution is 6.40. The molecule has 15 heavy (non-hydrogen) atoms. The summed E-state index contributed by atoms with van der Waals surface area (Å²) in [6.45, 7) is 0. The number of anilines is 1. The molecule has 1 aliphatic carbocycles. The SMILES string of the molecule is O=C1CCCC/C1=N/Nc1ccccc1. The minimum atomic E-state index is 0.185. The highest BCUT2D eigenvalue weighted by Gasteiger charge is 2.16. The molecule has 2 rings (SSSR count). The molecular formula is C12H14N2O. The molecule has 0 aromatic heterocycles. The highest BCUT2D eigenvalue weighted by Crippen LogP contribution is 2.13. The van der Waals surface area contributed by atoms with Crippen molar-refractivity contribution in [2.45, 2.75) is 25.7 Å². The van der Waals surface area contributed by atoms with Crippen LogP contribution in [0.1, 0.15) is 25.7 Å². The van der Waals surface area contributed by atoms with Crippen molar-refractivity contribution in [1.29, 1.82) is 0 Å². The summed E-state index contributed by atoms with van der Waals surface area (Å²) in [4.78, 5) is 11.4. The van der Waals surface area contributed by atoms with Crippen LogP contribution < -0.4 is 5.43 Å². The first-order valence-corrected chi connectivity index (χ1v) is 5.27. The lowest BCUT2D eigenvalue weighted by Crippen LogP contribution is -2.19. The maximum atomic E-state index is 11.4. The molecule has 0 heterocycles. The number of rotatable bonds is 2. The van der Waals surface area contributed by atoms with E-state index in [9.17, 15) is 4.79 Å². The predicted molar refractivity (Wildman–Crippen MR) is 61.0 cm³/mol. The van der Waals surface area contributed by atoms with Crippen LogP contribution in [0.25, 0.3) is 0 Å². The van der Waals surface area contributed by atoms with Crippen LogP contribution in [0.5, 0.6) is 0 Å². The molecule has 0 spiro atoms. The summed E-state index contributed by atoms with van der Waals surface area (Å²) in [6, 6.07) is 9.68. The van der Waals surface area contributed by atoms with Gasteiger partial charge in [0.1, 0.15) is 5.71 Å². The summed E-state index contributed by atoms with van der Waals surface area (Å²) < 4.78 is 0. The van der Waals surface area contributed by atoms with Gasteiger partial charge < -0.3 is 0 Å². The maximum absolute atomic E-state index is 11.4. The molecule has 78 valence electrons. The van der Waals surface area contributed by atoms with Gasteiger partial charge in [0.2, 0.25) is 0 Å². The van der Waals surface area contributed by atoms with Gasteiger partial charge in [0.25, 0.3) is 0 Å². The lowest BCUT2D eigenvalue weighted by Gasteiger charge is -2.11. The van der Waals surface area contributed by atoms with Crippen molar-refractivity contribution in [3.8, 4) is 0 Å². The third-order valence-corrected chi connectivity index (χ3v) is 2.48. The van der Waals surface area contributed by atoms with Gasteiger partial charge in [0, 0.05) is 6.42 Å². The standard InChI is InChI=1S/C12H14N2O/c15-12-9-5-4-8-11(12)14-13-10-6-2-1-3-7-10/h1-3,6-7,13H,4-5,8-9H2/b14-11-. The van der Waals surface area contributed by atoms with E-state index < -0.39 is 0 Å². The minimum Gasteiger partial charge on any atom is -0.293 e. The van der Waals surface area contributed by atoms with Crippen LogP contribution in [-0.2, 0) is 4.79 Å². The Hall–Kier alpha value is -1.64. The van der Waals surface area contributed by atoms with E-state index in [4.69, 9.17) is 0 Å². The second-order valence-corrected chi connectivity index (χ2v) is 3.67.